The lowest BCUT2D eigenvalue weighted by molar-refractivity contribution is 0.0981. The molecule has 2 N–H and O–H groups in total. The number of hydrogen-bond acceptors (Lipinski definition) is 4. The number of aryl methyl sites for hydroxylation is 2. The van der Waals surface area contributed by atoms with Crippen LogP contribution in [0, 0.1) is 6.92 Å². The summed E-state index contributed by atoms with van der Waals surface area (Å²) in [6.45, 7) is 6.69. The first kappa shape index (κ1) is 23.2. The second-order valence-corrected chi connectivity index (χ2v) is 9.32. The summed E-state index contributed by atoms with van der Waals surface area (Å²) in [5.41, 5.74) is 3.80. The van der Waals surface area contributed by atoms with E-state index in [2.05, 4.69) is 21.4 Å². The summed E-state index contributed by atoms with van der Waals surface area (Å²) in [6, 6.07) is 10.9. The molecule has 0 saturated heterocycles. The molecule has 3 aromatic rings. The molecule has 166 valence electrons. The minimum atomic E-state index is -3.91. The Kier molecular flexibility index (Phi) is 7.35. The molecule has 0 bridgehead atoms. The van der Waals surface area contributed by atoms with E-state index in [9.17, 15) is 13.2 Å². The molecule has 9 heteroatoms. The maximum Gasteiger partial charge on any atom is 0.301 e. The zero-order valence-corrected chi connectivity index (χ0v) is 19.5. The summed E-state index contributed by atoms with van der Waals surface area (Å²) in [4.78, 5) is 17.1. The van der Waals surface area contributed by atoms with Crippen LogP contribution in [0.4, 0.5) is 0 Å². The second kappa shape index (κ2) is 9.80. The molecule has 7 nitrogen and oxygen atoms in total. The third-order valence-corrected chi connectivity index (χ3v) is 6.50. The smallest absolute Gasteiger partial charge is 0.301 e. The van der Waals surface area contributed by atoms with Crippen LogP contribution < -0.4 is 9.44 Å². The summed E-state index contributed by atoms with van der Waals surface area (Å²) in [5.74, 6) is 0.0821. The molecule has 1 amide bonds. The monoisotopic (exact) mass is 462 g/mol. The normalized spacial score (nSPS) is 11.7. The van der Waals surface area contributed by atoms with Crippen LogP contribution in [0.5, 0.6) is 0 Å². The predicted molar refractivity (Wildman–Crippen MR) is 124 cm³/mol. The average molecular weight is 463 g/mol. The minimum absolute atomic E-state index is 0.238. The average Bonchev–Trinajstić information content (AvgIpc) is 3.03. The van der Waals surface area contributed by atoms with Gasteiger partial charge in [-0.05, 0) is 55.2 Å². The summed E-state index contributed by atoms with van der Waals surface area (Å²) in [7, 11) is -3.91. The van der Waals surface area contributed by atoms with E-state index in [1.54, 1.807) is 18.2 Å². The molecule has 2 aromatic carbocycles. The van der Waals surface area contributed by atoms with Gasteiger partial charge < -0.3 is 4.57 Å². The van der Waals surface area contributed by atoms with Gasteiger partial charge in [-0.1, -0.05) is 44.0 Å². The predicted octanol–water partition coefficient (Wildman–Crippen LogP) is 3.97. The number of halogens is 1. The van der Waals surface area contributed by atoms with Gasteiger partial charge >= 0.3 is 10.2 Å². The van der Waals surface area contributed by atoms with Crippen molar-refractivity contribution in [3.05, 3.63) is 63.9 Å². The van der Waals surface area contributed by atoms with Crippen molar-refractivity contribution in [1.29, 1.82) is 0 Å². The Labute approximate surface area is 188 Å². The molecule has 0 fully saturated rings. The molecule has 0 aliphatic rings. The number of nitrogens with one attached hydrogen (secondary N) is 2. The number of imidazole rings is 1. The van der Waals surface area contributed by atoms with Gasteiger partial charge in [-0.25, -0.2) is 9.71 Å². The largest absolute Gasteiger partial charge is 0.324 e. The number of nitrogens with zero attached hydrogens (tertiary/aromatic N) is 2. The van der Waals surface area contributed by atoms with Crippen LogP contribution in [-0.2, 0) is 23.2 Å². The summed E-state index contributed by atoms with van der Waals surface area (Å²) >= 11 is 6.46. The maximum absolute atomic E-state index is 12.6. The molecular formula is C22H27ClN4O3S. The van der Waals surface area contributed by atoms with Gasteiger partial charge in [0.05, 0.1) is 17.6 Å². The van der Waals surface area contributed by atoms with Gasteiger partial charge in [0.25, 0.3) is 5.91 Å². The molecule has 0 atom stereocenters. The Morgan fingerprint density at radius 3 is 2.61 bits per heavy atom. The molecule has 0 aliphatic carbocycles. The van der Waals surface area contributed by atoms with Crippen molar-refractivity contribution in [1.82, 2.24) is 19.0 Å². The van der Waals surface area contributed by atoms with Gasteiger partial charge in [-0.2, -0.15) is 13.1 Å². The first-order valence-corrected chi connectivity index (χ1v) is 12.2. The highest BCUT2D eigenvalue weighted by atomic mass is 35.5. The van der Waals surface area contributed by atoms with Crippen molar-refractivity contribution in [3.8, 4) is 0 Å². The van der Waals surface area contributed by atoms with Gasteiger partial charge in [0, 0.05) is 17.1 Å². The van der Waals surface area contributed by atoms with Gasteiger partial charge in [-0.3, -0.25) is 4.79 Å². The van der Waals surface area contributed by atoms with Gasteiger partial charge in [0.1, 0.15) is 5.82 Å². The van der Waals surface area contributed by atoms with Crippen LogP contribution in [0.2, 0.25) is 5.02 Å². The van der Waals surface area contributed by atoms with Crippen LogP contribution >= 0.6 is 11.6 Å². The highest BCUT2D eigenvalue weighted by Gasteiger charge is 2.17. The number of unbranched alkanes of at least 4 members (excludes halogenated alkanes) is 1. The molecule has 1 aromatic heterocycles. The number of fused-ring (bicyclic) bond motifs is 1. The second-order valence-electron chi connectivity index (χ2n) is 7.41. The third-order valence-electron chi connectivity index (χ3n) is 5.10. The molecule has 3 rings (SSSR count). The summed E-state index contributed by atoms with van der Waals surface area (Å²) in [6.07, 6.45) is 2.45. The highest BCUT2D eigenvalue weighted by molar-refractivity contribution is 7.88. The van der Waals surface area contributed by atoms with Crippen molar-refractivity contribution < 1.29 is 13.2 Å². The molecule has 0 spiro atoms. The van der Waals surface area contributed by atoms with E-state index >= 15 is 0 Å². The number of carbonyl (C=O) groups is 1. The fourth-order valence-corrected chi connectivity index (χ4v) is 4.40. The molecule has 0 aliphatic heterocycles. The standard InChI is InChI=1S/C22H27ClN4O3S/c1-4-6-11-24-31(29,30)26-22(28)17-9-10-20-21(13-17)27(15(3)25-20)14-18-8-7-16(5-2)12-19(18)23/h7-10,12-13,24H,4-6,11,14H2,1-3H3,(H,26,28). The number of rotatable bonds is 9. The lowest BCUT2D eigenvalue weighted by atomic mass is 10.1. The van der Waals surface area contributed by atoms with Crippen molar-refractivity contribution in [2.45, 2.75) is 46.6 Å². The quantitative estimate of drug-likeness (QED) is 0.470. The van der Waals surface area contributed by atoms with Crippen molar-refractivity contribution in [3.63, 3.8) is 0 Å². The minimum Gasteiger partial charge on any atom is -0.324 e. The number of amides is 1. The van der Waals surface area contributed by atoms with Gasteiger partial charge in [0.15, 0.2) is 0 Å². The third kappa shape index (κ3) is 5.64. The Morgan fingerprint density at radius 1 is 1.16 bits per heavy atom. The zero-order valence-electron chi connectivity index (χ0n) is 17.9. The first-order chi connectivity index (χ1) is 14.7. The van der Waals surface area contributed by atoms with Gasteiger partial charge in [0.2, 0.25) is 0 Å². The molecule has 0 radical (unpaired) electrons. The lowest BCUT2D eigenvalue weighted by Gasteiger charge is -2.11. The Balaban J connectivity index is 1.87. The fraction of sp³-hybridized carbons (Fsp3) is 0.364. The number of hydrogen-bond donors (Lipinski definition) is 2. The van der Waals surface area contributed by atoms with E-state index in [1.807, 2.05) is 36.6 Å². The van der Waals surface area contributed by atoms with E-state index < -0.39 is 16.1 Å². The fourth-order valence-electron chi connectivity index (χ4n) is 3.29. The van der Waals surface area contributed by atoms with E-state index in [0.29, 0.717) is 18.0 Å². The Morgan fingerprint density at radius 2 is 1.94 bits per heavy atom. The maximum atomic E-state index is 12.6. The Hall–Kier alpha value is -2.42. The first-order valence-electron chi connectivity index (χ1n) is 10.3. The van der Waals surface area contributed by atoms with Crippen LogP contribution in [0.1, 0.15) is 54.0 Å². The SMILES string of the molecule is CCCCNS(=O)(=O)NC(=O)c1ccc2nc(C)n(Cc3ccc(CC)cc3Cl)c2c1. The molecule has 0 saturated carbocycles. The molecule has 1 heterocycles. The van der Waals surface area contributed by atoms with Crippen molar-refractivity contribution >= 4 is 38.8 Å². The van der Waals surface area contributed by atoms with Crippen LogP contribution in [0.15, 0.2) is 36.4 Å². The number of carbonyl (C=O) groups excluding carboxylic acids is 1. The van der Waals surface area contributed by atoms with E-state index in [0.717, 1.165) is 40.8 Å². The van der Waals surface area contributed by atoms with Crippen LogP contribution in [0.25, 0.3) is 11.0 Å². The van der Waals surface area contributed by atoms with E-state index in [-0.39, 0.29) is 12.1 Å². The highest BCUT2D eigenvalue weighted by Crippen LogP contribution is 2.24. The summed E-state index contributed by atoms with van der Waals surface area (Å²) in [5, 5.41) is 0.679. The van der Waals surface area contributed by atoms with Crippen LogP contribution in [0.3, 0.4) is 0 Å². The van der Waals surface area contributed by atoms with E-state index in [1.165, 1.54) is 0 Å². The van der Waals surface area contributed by atoms with Crippen molar-refractivity contribution in [2.24, 2.45) is 0 Å². The van der Waals surface area contributed by atoms with Gasteiger partial charge in [-0.15, -0.1) is 0 Å². The molecule has 0 unspecified atom stereocenters. The topological polar surface area (TPSA) is 93.1 Å². The van der Waals surface area contributed by atoms with E-state index in [4.69, 9.17) is 11.6 Å². The number of benzene rings is 2. The lowest BCUT2D eigenvalue weighted by Crippen LogP contribution is -2.40. The Bertz CT molecular complexity index is 1200. The van der Waals surface area contributed by atoms with Crippen LogP contribution in [-0.4, -0.2) is 30.4 Å². The molecular weight excluding hydrogens is 436 g/mol. The van der Waals surface area contributed by atoms with Crippen molar-refractivity contribution in [2.75, 3.05) is 6.54 Å². The molecule has 31 heavy (non-hydrogen) atoms. The number of aromatic nitrogens is 2. The summed E-state index contributed by atoms with van der Waals surface area (Å²) < 4.78 is 30.6. The zero-order chi connectivity index (χ0) is 22.6.